The van der Waals surface area contributed by atoms with Crippen molar-refractivity contribution in [3.63, 3.8) is 0 Å². The van der Waals surface area contributed by atoms with Crippen LogP contribution in [-0.2, 0) is 22.8 Å². The van der Waals surface area contributed by atoms with Crippen LogP contribution in [0.1, 0.15) is 55.5 Å². The largest absolute Gasteiger partial charge is 0.453 e. The molecule has 30 heavy (non-hydrogen) atoms. The molecule has 160 valence electrons. The van der Waals surface area contributed by atoms with Crippen LogP contribution in [0.3, 0.4) is 0 Å². The van der Waals surface area contributed by atoms with Crippen LogP contribution in [0.2, 0.25) is 0 Å². The Balaban J connectivity index is 1.72. The Labute approximate surface area is 172 Å². The first kappa shape index (κ1) is 21.7. The number of benzene rings is 1. The van der Waals surface area contributed by atoms with Gasteiger partial charge >= 0.3 is 6.18 Å². The minimum absolute atomic E-state index is 0.0244. The van der Waals surface area contributed by atoms with Gasteiger partial charge in [0.2, 0.25) is 5.91 Å². The van der Waals surface area contributed by atoms with Crippen LogP contribution >= 0.6 is 0 Å². The Morgan fingerprint density at radius 3 is 2.27 bits per heavy atom. The Kier molecular flexibility index (Phi) is 5.58. The van der Waals surface area contributed by atoms with Crippen LogP contribution in [-0.4, -0.2) is 25.5 Å². The molecule has 1 N–H and O–H groups in total. The third-order valence-corrected chi connectivity index (χ3v) is 4.94. The van der Waals surface area contributed by atoms with E-state index in [4.69, 9.17) is 0 Å². The first-order valence-electron chi connectivity index (χ1n) is 9.56. The lowest BCUT2D eigenvalue weighted by molar-refractivity contribution is -0.144. The molecule has 0 saturated carbocycles. The number of rotatable bonds is 4. The molecular weight excluding hydrogens is 395 g/mol. The summed E-state index contributed by atoms with van der Waals surface area (Å²) in [6.07, 6.45) is -4.15. The van der Waals surface area contributed by atoms with E-state index in [2.05, 4.69) is 41.2 Å². The summed E-state index contributed by atoms with van der Waals surface area (Å²) in [6, 6.07) is 7.67. The van der Waals surface area contributed by atoms with Gasteiger partial charge in [0.1, 0.15) is 0 Å². The number of halogens is 3. The Hall–Kier alpha value is -2.97. The van der Waals surface area contributed by atoms with E-state index >= 15 is 0 Å². The predicted molar refractivity (Wildman–Crippen MR) is 107 cm³/mol. The zero-order chi connectivity index (χ0) is 22.3. The molecule has 0 fully saturated rings. The van der Waals surface area contributed by atoms with Gasteiger partial charge in [0.15, 0.2) is 0 Å². The Morgan fingerprint density at radius 1 is 1.07 bits per heavy atom. The van der Waals surface area contributed by atoms with Gasteiger partial charge in [-0.3, -0.25) is 4.79 Å². The lowest BCUT2D eigenvalue weighted by Gasteiger charge is -2.19. The summed E-state index contributed by atoms with van der Waals surface area (Å²) in [6.45, 7) is 9.68. The molecule has 0 aliphatic heterocycles. The fourth-order valence-electron chi connectivity index (χ4n) is 3.21. The minimum Gasteiger partial charge on any atom is -0.326 e. The summed E-state index contributed by atoms with van der Waals surface area (Å²) in [5.74, 6) is -1.53. The van der Waals surface area contributed by atoms with Crippen LogP contribution in [0.15, 0.2) is 24.3 Å². The third-order valence-electron chi connectivity index (χ3n) is 4.94. The number of aromatic nitrogens is 4. The summed E-state index contributed by atoms with van der Waals surface area (Å²) in [7, 11) is 0. The molecule has 2 heterocycles. The molecule has 1 amide bonds. The predicted octanol–water partition coefficient (Wildman–Crippen LogP) is 4.63. The van der Waals surface area contributed by atoms with Crippen LogP contribution in [0.25, 0.3) is 5.78 Å². The van der Waals surface area contributed by atoms with Crippen LogP contribution in [0.5, 0.6) is 0 Å². The summed E-state index contributed by atoms with van der Waals surface area (Å²) < 4.78 is 39.8. The van der Waals surface area contributed by atoms with Gasteiger partial charge in [-0.2, -0.15) is 18.2 Å². The second-order valence-corrected chi connectivity index (χ2v) is 8.28. The van der Waals surface area contributed by atoms with Crippen LogP contribution in [0, 0.1) is 13.8 Å². The van der Waals surface area contributed by atoms with Gasteiger partial charge in [0.05, 0.1) is 0 Å². The van der Waals surface area contributed by atoms with E-state index < -0.39 is 12.0 Å². The fraction of sp³-hybridized carbons (Fsp3) is 0.429. The highest BCUT2D eigenvalue weighted by Gasteiger charge is 2.37. The topological polar surface area (TPSA) is 72.2 Å². The number of aryl methyl sites for hydroxylation is 2. The van der Waals surface area contributed by atoms with E-state index in [0.717, 1.165) is 10.1 Å². The highest BCUT2D eigenvalue weighted by atomic mass is 19.4. The Morgan fingerprint density at radius 2 is 1.70 bits per heavy atom. The normalized spacial score (nSPS) is 12.4. The molecule has 6 nitrogen and oxygen atoms in total. The van der Waals surface area contributed by atoms with Crippen molar-refractivity contribution in [1.82, 2.24) is 19.6 Å². The molecule has 0 saturated heterocycles. The lowest BCUT2D eigenvalue weighted by Crippen LogP contribution is -2.15. The monoisotopic (exact) mass is 419 g/mol. The van der Waals surface area contributed by atoms with E-state index in [9.17, 15) is 18.0 Å². The number of fused-ring (bicyclic) bond motifs is 1. The maximum Gasteiger partial charge on any atom is 0.453 e. The van der Waals surface area contributed by atoms with Crippen molar-refractivity contribution in [3.8, 4) is 0 Å². The molecule has 3 aromatic rings. The summed E-state index contributed by atoms with van der Waals surface area (Å²) >= 11 is 0. The second-order valence-electron chi connectivity index (χ2n) is 8.28. The highest BCUT2D eigenvalue weighted by molar-refractivity contribution is 5.90. The van der Waals surface area contributed by atoms with Crippen molar-refractivity contribution in [2.75, 3.05) is 5.32 Å². The van der Waals surface area contributed by atoms with Crippen molar-refractivity contribution in [3.05, 3.63) is 52.6 Å². The highest BCUT2D eigenvalue weighted by Crippen LogP contribution is 2.27. The first-order valence-corrected chi connectivity index (χ1v) is 9.56. The lowest BCUT2D eigenvalue weighted by atomic mass is 9.87. The average Bonchev–Trinajstić information content (AvgIpc) is 3.06. The summed E-state index contributed by atoms with van der Waals surface area (Å²) in [4.78, 5) is 20.0. The molecule has 0 radical (unpaired) electrons. The van der Waals surface area contributed by atoms with Gasteiger partial charge < -0.3 is 5.32 Å². The SMILES string of the molecule is Cc1nc2nc(C(F)(F)F)nn2c(C)c1CCC(=O)Nc1ccc(C(C)(C)C)cc1. The van der Waals surface area contributed by atoms with E-state index in [0.29, 0.717) is 29.1 Å². The van der Waals surface area contributed by atoms with E-state index in [1.807, 2.05) is 24.3 Å². The summed E-state index contributed by atoms with van der Waals surface area (Å²) in [5, 5.41) is 6.37. The molecule has 0 unspecified atom stereocenters. The molecular formula is C21H24F3N5O. The van der Waals surface area contributed by atoms with Gasteiger partial charge in [-0.05, 0) is 48.9 Å². The molecule has 0 bridgehead atoms. The summed E-state index contributed by atoms with van der Waals surface area (Å²) in [5.41, 5.74) is 3.58. The van der Waals surface area contributed by atoms with Gasteiger partial charge in [0.25, 0.3) is 11.6 Å². The zero-order valence-corrected chi connectivity index (χ0v) is 17.6. The molecule has 3 rings (SSSR count). The molecule has 0 atom stereocenters. The molecule has 2 aromatic heterocycles. The number of carbonyl (C=O) groups excluding carboxylic acids is 1. The molecule has 0 spiro atoms. The number of hydrogen-bond acceptors (Lipinski definition) is 4. The number of nitrogens with zero attached hydrogens (tertiary/aromatic N) is 4. The van der Waals surface area contributed by atoms with Crippen LogP contribution in [0.4, 0.5) is 18.9 Å². The number of anilines is 1. The number of alkyl halides is 3. The van der Waals surface area contributed by atoms with E-state index in [1.54, 1.807) is 13.8 Å². The second kappa shape index (κ2) is 7.70. The van der Waals surface area contributed by atoms with Gasteiger partial charge in [0, 0.05) is 23.5 Å². The van der Waals surface area contributed by atoms with Crippen molar-refractivity contribution in [2.45, 2.75) is 59.1 Å². The maximum atomic E-state index is 12.9. The molecule has 9 heteroatoms. The third kappa shape index (κ3) is 4.60. The number of amides is 1. The van der Waals surface area contributed by atoms with E-state index in [-0.39, 0.29) is 23.5 Å². The first-order chi connectivity index (χ1) is 13.9. The van der Waals surface area contributed by atoms with Gasteiger partial charge in [-0.25, -0.2) is 9.50 Å². The fourth-order valence-corrected chi connectivity index (χ4v) is 3.21. The minimum atomic E-state index is -4.64. The number of carbonyl (C=O) groups is 1. The quantitative estimate of drug-likeness (QED) is 0.669. The molecule has 0 aliphatic rings. The van der Waals surface area contributed by atoms with Crippen molar-refractivity contribution in [1.29, 1.82) is 0 Å². The molecule has 0 aliphatic carbocycles. The average molecular weight is 419 g/mol. The number of hydrogen-bond donors (Lipinski definition) is 1. The van der Waals surface area contributed by atoms with Gasteiger partial charge in [-0.15, -0.1) is 5.10 Å². The van der Waals surface area contributed by atoms with E-state index in [1.165, 1.54) is 0 Å². The van der Waals surface area contributed by atoms with Gasteiger partial charge in [-0.1, -0.05) is 32.9 Å². The van der Waals surface area contributed by atoms with Crippen molar-refractivity contribution >= 4 is 17.4 Å². The van der Waals surface area contributed by atoms with Crippen molar-refractivity contribution < 1.29 is 18.0 Å². The van der Waals surface area contributed by atoms with Crippen molar-refractivity contribution in [2.24, 2.45) is 0 Å². The maximum absolute atomic E-state index is 12.9. The molecule has 1 aromatic carbocycles. The smallest absolute Gasteiger partial charge is 0.326 e. The number of nitrogens with one attached hydrogen (secondary N) is 1. The van der Waals surface area contributed by atoms with Crippen LogP contribution < -0.4 is 5.32 Å². The Bertz CT molecular complexity index is 1080. The standard InChI is InChI=1S/C21H24F3N5O/c1-12-16(13(2)29-19(25-12)27-18(28-29)21(22,23)24)10-11-17(30)26-15-8-6-14(7-9-15)20(3,4)5/h6-9H,10-11H2,1-5H3,(H,26,30). The zero-order valence-electron chi connectivity index (χ0n) is 17.6.